The summed E-state index contributed by atoms with van der Waals surface area (Å²) in [4.78, 5) is 12.7. The van der Waals surface area contributed by atoms with E-state index in [2.05, 4.69) is 38.4 Å². The smallest absolute Gasteiger partial charge is 0.339 e. The van der Waals surface area contributed by atoms with Gasteiger partial charge in [-0.15, -0.1) is 11.8 Å². The summed E-state index contributed by atoms with van der Waals surface area (Å²) in [6.45, 7) is 2.40. The molecule has 160 valence electrons. The molecule has 1 aromatic carbocycles. The van der Waals surface area contributed by atoms with Gasteiger partial charge in [0, 0.05) is 16.6 Å². The number of amides is 1. The quantitative estimate of drug-likeness (QED) is 0.443. The van der Waals surface area contributed by atoms with Crippen molar-refractivity contribution in [3.63, 3.8) is 0 Å². The second-order valence-corrected chi connectivity index (χ2v) is 9.25. The fourth-order valence-electron chi connectivity index (χ4n) is 2.89. The van der Waals surface area contributed by atoms with Crippen LogP contribution in [0.15, 0.2) is 28.7 Å². The summed E-state index contributed by atoms with van der Waals surface area (Å²) >= 11 is 4.40. The molecule has 0 saturated carbocycles. The highest BCUT2D eigenvalue weighted by atomic mass is 79.9. The van der Waals surface area contributed by atoms with Crippen molar-refractivity contribution in [2.75, 3.05) is 11.5 Å². The van der Waals surface area contributed by atoms with Crippen molar-refractivity contribution in [3.05, 3.63) is 34.3 Å². The SMILES string of the molecule is CC(C)(F)C[C@@H]1N[C@@](c2ccc(Br)cc2)(C(F)(F)F)C#CCSC[C@@H](N)NC1=O. The van der Waals surface area contributed by atoms with Crippen molar-refractivity contribution in [3.8, 4) is 11.8 Å². The van der Waals surface area contributed by atoms with Gasteiger partial charge in [-0.05, 0) is 31.5 Å². The van der Waals surface area contributed by atoms with Gasteiger partial charge in [-0.1, -0.05) is 39.9 Å². The van der Waals surface area contributed by atoms with E-state index in [1.54, 1.807) is 0 Å². The highest BCUT2D eigenvalue weighted by Crippen LogP contribution is 2.40. The first-order valence-electron chi connectivity index (χ1n) is 8.77. The van der Waals surface area contributed by atoms with Gasteiger partial charge >= 0.3 is 6.18 Å². The minimum Gasteiger partial charge on any atom is -0.339 e. The van der Waals surface area contributed by atoms with E-state index in [4.69, 9.17) is 5.73 Å². The molecule has 0 spiro atoms. The number of carbonyl (C=O) groups excluding carboxylic acids is 1. The molecular formula is C19H22BrF4N3OS. The van der Waals surface area contributed by atoms with E-state index in [1.165, 1.54) is 49.9 Å². The second kappa shape index (κ2) is 9.25. The molecule has 1 amide bonds. The monoisotopic (exact) mass is 495 g/mol. The molecule has 0 aliphatic carbocycles. The van der Waals surface area contributed by atoms with E-state index in [1.807, 2.05) is 0 Å². The largest absolute Gasteiger partial charge is 0.422 e. The summed E-state index contributed by atoms with van der Waals surface area (Å²) in [6.07, 6.45) is -6.16. The molecule has 29 heavy (non-hydrogen) atoms. The van der Waals surface area contributed by atoms with E-state index >= 15 is 0 Å². The maximum Gasteiger partial charge on any atom is 0.422 e. The van der Waals surface area contributed by atoms with Crippen LogP contribution in [0.25, 0.3) is 0 Å². The van der Waals surface area contributed by atoms with E-state index in [0.717, 1.165) is 0 Å². The standard InChI is InChI=1S/C19H22BrF4N3OS/c1-17(2,21)10-14-16(28)26-15(25)11-29-9-3-8-18(27-14,19(22,23)24)12-4-6-13(20)7-5-12/h4-7,14-15,27H,9-11,25H2,1-2H3,(H,26,28)/t14-,15-,18-/m0/s1. The third kappa shape index (κ3) is 6.35. The average molecular weight is 496 g/mol. The van der Waals surface area contributed by atoms with Gasteiger partial charge in [0.2, 0.25) is 11.4 Å². The van der Waals surface area contributed by atoms with Crippen molar-refractivity contribution in [1.29, 1.82) is 0 Å². The van der Waals surface area contributed by atoms with Crippen LogP contribution in [0.4, 0.5) is 17.6 Å². The van der Waals surface area contributed by atoms with E-state index in [0.29, 0.717) is 4.47 Å². The lowest BCUT2D eigenvalue weighted by Crippen LogP contribution is -2.62. The molecule has 4 nitrogen and oxygen atoms in total. The number of rotatable bonds is 3. The molecule has 4 N–H and O–H groups in total. The van der Waals surface area contributed by atoms with Gasteiger partial charge in [0.1, 0.15) is 5.67 Å². The second-order valence-electron chi connectivity index (χ2n) is 7.31. The van der Waals surface area contributed by atoms with Crippen LogP contribution in [0, 0.1) is 11.8 Å². The lowest BCUT2D eigenvalue weighted by Gasteiger charge is -2.37. The zero-order valence-corrected chi connectivity index (χ0v) is 18.3. The summed E-state index contributed by atoms with van der Waals surface area (Å²) in [7, 11) is 0. The topological polar surface area (TPSA) is 67.2 Å². The Morgan fingerprint density at radius 1 is 1.28 bits per heavy atom. The van der Waals surface area contributed by atoms with Crippen LogP contribution in [0.5, 0.6) is 0 Å². The zero-order valence-electron chi connectivity index (χ0n) is 15.9. The molecule has 1 heterocycles. The van der Waals surface area contributed by atoms with E-state index in [9.17, 15) is 22.4 Å². The Morgan fingerprint density at radius 3 is 2.45 bits per heavy atom. The Hall–Kier alpha value is -1.28. The number of carbonyl (C=O) groups is 1. The summed E-state index contributed by atoms with van der Waals surface area (Å²) in [5.41, 5.74) is 0.877. The molecule has 1 aromatic rings. The molecule has 3 atom stereocenters. The van der Waals surface area contributed by atoms with Crippen molar-refractivity contribution < 1.29 is 22.4 Å². The third-order valence-electron chi connectivity index (χ3n) is 4.17. The summed E-state index contributed by atoms with van der Waals surface area (Å²) in [5, 5.41) is 4.80. The Labute approximate surface area is 179 Å². The number of halogens is 5. The number of hydrogen-bond acceptors (Lipinski definition) is 4. The Balaban J connectivity index is 2.64. The molecule has 1 aliphatic heterocycles. The number of benzene rings is 1. The van der Waals surface area contributed by atoms with Gasteiger partial charge in [0.05, 0.1) is 18.0 Å². The molecule has 2 rings (SSSR count). The molecule has 0 fully saturated rings. The van der Waals surface area contributed by atoms with Crippen molar-refractivity contribution in [1.82, 2.24) is 10.6 Å². The lowest BCUT2D eigenvalue weighted by molar-refractivity contribution is -0.185. The van der Waals surface area contributed by atoms with Crippen LogP contribution < -0.4 is 16.4 Å². The van der Waals surface area contributed by atoms with Crippen LogP contribution in [0.3, 0.4) is 0 Å². The van der Waals surface area contributed by atoms with Crippen LogP contribution in [0.1, 0.15) is 25.8 Å². The molecule has 10 heteroatoms. The first kappa shape index (κ1) is 24.0. The summed E-state index contributed by atoms with van der Waals surface area (Å²) in [5.74, 6) is 4.39. The predicted octanol–water partition coefficient (Wildman–Crippen LogP) is 3.45. The number of hydrogen-bond donors (Lipinski definition) is 3. The van der Waals surface area contributed by atoms with Gasteiger partial charge in [-0.3, -0.25) is 10.1 Å². The van der Waals surface area contributed by atoms with E-state index < -0.39 is 41.9 Å². The van der Waals surface area contributed by atoms with Gasteiger partial charge in [-0.25, -0.2) is 4.39 Å². The van der Waals surface area contributed by atoms with Crippen molar-refractivity contribution >= 4 is 33.6 Å². The highest BCUT2D eigenvalue weighted by Gasteiger charge is 2.57. The summed E-state index contributed by atoms with van der Waals surface area (Å²) < 4.78 is 58.2. The minimum atomic E-state index is -4.88. The van der Waals surface area contributed by atoms with Crippen LogP contribution in [0.2, 0.25) is 0 Å². The van der Waals surface area contributed by atoms with Gasteiger partial charge < -0.3 is 11.1 Å². The van der Waals surface area contributed by atoms with Crippen molar-refractivity contribution in [2.45, 2.75) is 49.9 Å². The van der Waals surface area contributed by atoms with Gasteiger partial charge in [0.25, 0.3) is 0 Å². The predicted molar refractivity (Wildman–Crippen MR) is 110 cm³/mol. The summed E-state index contributed by atoms with van der Waals surface area (Å²) in [6, 6.07) is 3.94. The molecule has 0 aromatic heterocycles. The van der Waals surface area contributed by atoms with Gasteiger partial charge in [-0.2, -0.15) is 13.2 Å². The maximum atomic E-state index is 14.4. The number of nitrogens with two attached hydrogens (primary N) is 1. The van der Waals surface area contributed by atoms with Crippen LogP contribution >= 0.6 is 27.7 Å². The maximum absolute atomic E-state index is 14.4. The number of nitrogens with one attached hydrogen (secondary N) is 2. The average Bonchev–Trinajstić information content (AvgIpc) is 2.59. The van der Waals surface area contributed by atoms with E-state index in [-0.39, 0.29) is 17.1 Å². The first-order chi connectivity index (χ1) is 13.3. The zero-order chi connectivity index (χ0) is 21.9. The number of alkyl halides is 4. The molecular weight excluding hydrogens is 474 g/mol. The van der Waals surface area contributed by atoms with Crippen LogP contribution in [-0.2, 0) is 10.3 Å². The van der Waals surface area contributed by atoms with Gasteiger partial charge in [0.15, 0.2) is 0 Å². The molecule has 0 saturated heterocycles. The minimum absolute atomic E-state index is 0.0961. The Morgan fingerprint density at radius 2 is 1.90 bits per heavy atom. The van der Waals surface area contributed by atoms with Crippen LogP contribution in [-0.4, -0.2) is 41.5 Å². The Kier molecular flexibility index (Phi) is 7.65. The molecule has 0 radical (unpaired) electrons. The fourth-order valence-corrected chi connectivity index (χ4v) is 3.79. The first-order valence-corrected chi connectivity index (χ1v) is 10.7. The molecule has 0 bridgehead atoms. The fraction of sp³-hybridized carbons (Fsp3) is 0.526. The lowest BCUT2D eigenvalue weighted by atomic mass is 9.87. The molecule has 1 aliphatic rings. The van der Waals surface area contributed by atoms with Crippen molar-refractivity contribution in [2.24, 2.45) is 5.73 Å². The third-order valence-corrected chi connectivity index (χ3v) is 5.65. The normalized spacial score (nSPS) is 26.7. The number of thioether (sulfide) groups is 1. The Bertz CT molecular complexity index is 786. The molecule has 0 unspecified atom stereocenters. The highest BCUT2D eigenvalue weighted by molar-refractivity contribution is 9.10.